The second-order valence-corrected chi connectivity index (χ2v) is 6.17. The minimum atomic E-state index is 0.347. The first-order chi connectivity index (χ1) is 10.6. The maximum Gasteiger partial charge on any atom is 0.133 e. The van der Waals surface area contributed by atoms with Gasteiger partial charge in [0.05, 0.1) is 5.02 Å². The van der Waals surface area contributed by atoms with E-state index in [2.05, 4.69) is 38.6 Å². The Balaban J connectivity index is 1.66. The molecule has 0 unspecified atom stereocenters. The van der Waals surface area contributed by atoms with Gasteiger partial charge in [-0.2, -0.15) is 0 Å². The van der Waals surface area contributed by atoms with Crippen LogP contribution in [0.25, 0.3) is 0 Å². The van der Waals surface area contributed by atoms with Crippen LogP contribution in [0.3, 0.4) is 0 Å². The molecule has 0 aromatic carbocycles. The molecule has 3 rings (SSSR count). The SMILES string of the molecule is CC(C)c1nccc(N2CCN(c3ccc(Cl)cn3)CC2)n1. The van der Waals surface area contributed by atoms with Crippen molar-refractivity contribution in [3.8, 4) is 0 Å². The maximum atomic E-state index is 5.89. The smallest absolute Gasteiger partial charge is 0.133 e. The standard InChI is InChI=1S/C16H20ClN5/c1-12(2)16-18-6-5-15(20-16)22-9-7-21(8-10-22)14-4-3-13(17)11-19-14/h3-6,11-12H,7-10H2,1-2H3. The molecule has 2 aromatic rings. The van der Waals surface area contributed by atoms with Crippen LogP contribution in [0.15, 0.2) is 30.6 Å². The average Bonchev–Trinajstić information content (AvgIpc) is 2.56. The van der Waals surface area contributed by atoms with E-state index < -0.39 is 0 Å². The lowest BCUT2D eigenvalue weighted by Gasteiger charge is -2.36. The first-order valence-corrected chi connectivity index (χ1v) is 7.95. The summed E-state index contributed by atoms with van der Waals surface area (Å²) in [5, 5.41) is 0.671. The molecule has 0 bridgehead atoms. The van der Waals surface area contributed by atoms with Crippen molar-refractivity contribution in [1.29, 1.82) is 0 Å². The molecule has 1 saturated heterocycles. The van der Waals surface area contributed by atoms with E-state index in [4.69, 9.17) is 11.6 Å². The molecular weight excluding hydrogens is 298 g/mol. The summed E-state index contributed by atoms with van der Waals surface area (Å²) in [6, 6.07) is 5.84. The molecule has 22 heavy (non-hydrogen) atoms. The van der Waals surface area contributed by atoms with Crippen LogP contribution in [0.5, 0.6) is 0 Å². The van der Waals surface area contributed by atoms with Gasteiger partial charge in [-0.3, -0.25) is 0 Å². The van der Waals surface area contributed by atoms with Crippen LogP contribution >= 0.6 is 11.6 Å². The van der Waals surface area contributed by atoms with Gasteiger partial charge in [0.1, 0.15) is 17.5 Å². The molecule has 1 aliphatic rings. The largest absolute Gasteiger partial charge is 0.353 e. The van der Waals surface area contributed by atoms with E-state index in [9.17, 15) is 0 Å². The molecule has 0 radical (unpaired) electrons. The maximum absolute atomic E-state index is 5.89. The summed E-state index contributed by atoms with van der Waals surface area (Å²) >= 11 is 5.89. The molecule has 3 heterocycles. The summed E-state index contributed by atoms with van der Waals surface area (Å²) in [5.74, 6) is 3.25. The number of hydrogen-bond donors (Lipinski definition) is 0. The zero-order chi connectivity index (χ0) is 15.5. The second-order valence-electron chi connectivity index (χ2n) is 5.74. The highest BCUT2D eigenvalue weighted by molar-refractivity contribution is 6.30. The fourth-order valence-corrected chi connectivity index (χ4v) is 2.65. The first-order valence-electron chi connectivity index (χ1n) is 7.58. The quantitative estimate of drug-likeness (QED) is 0.871. The van der Waals surface area contributed by atoms with Crippen LogP contribution in [0.4, 0.5) is 11.6 Å². The lowest BCUT2D eigenvalue weighted by molar-refractivity contribution is 0.636. The van der Waals surface area contributed by atoms with E-state index in [1.165, 1.54) is 0 Å². The lowest BCUT2D eigenvalue weighted by atomic mass is 10.2. The number of anilines is 2. The minimum Gasteiger partial charge on any atom is -0.353 e. The van der Waals surface area contributed by atoms with Gasteiger partial charge in [0.25, 0.3) is 0 Å². The lowest BCUT2D eigenvalue weighted by Crippen LogP contribution is -2.47. The van der Waals surface area contributed by atoms with Crippen molar-refractivity contribution >= 4 is 23.2 Å². The highest BCUT2D eigenvalue weighted by Crippen LogP contribution is 2.20. The van der Waals surface area contributed by atoms with E-state index in [1.807, 2.05) is 24.4 Å². The Morgan fingerprint density at radius 2 is 1.64 bits per heavy atom. The van der Waals surface area contributed by atoms with Crippen molar-refractivity contribution in [3.63, 3.8) is 0 Å². The van der Waals surface area contributed by atoms with Crippen molar-refractivity contribution in [3.05, 3.63) is 41.4 Å². The van der Waals surface area contributed by atoms with E-state index in [0.717, 1.165) is 43.6 Å². The van der Waals surface area contributed by atoms with Gasteiger partial charge in [-0.1, -0.05) is 25.4 Å². The second kappa shape index (κ2) is 6.48. The Bertz CT molecular complexity index is 621. The Morgan fingerprint density at radius 1 is 0.955 bits per heavy atom. The molecule has 1 fully saturated rings. The van der Waals surface area contributed by atoms with Gasteiger partial charge >= 0.3 is 0 Å². The third-order valence-electron chi connectivity index (χ3n) is 3.82. The zero-order valence-electron chi connectivity index (χ0n) is 12.9. The summed E-state index contributed by atoms with van der Waals surface area (Å²) in [6.45, 7) is 7.94. The molecule has 116 valence electrons. The summed E-state index contributed by atoms with van der Waals surface area (Å²) in [7, 11) is 0. The molecule has 2 aromatic heterocycles. The topological polar surface area (TPSA) is 45.2 Å². The number of pyridine rings is 1. The van der Waals surface area contributed by atoms with E-state index in [0.29, 0.717) is 10.9 Å². The van der Waals surface area contributed by atoms with Gasteiger partial charge in [0.15, 0.2) is 0 Å². The van der Waals surface area contributed by atoms with Crippen LogP contribution < -0.4 is 9.80 Å². The third kappa shape index (κ3) is 3.30. The molecule has 1 aliphatic heterocycles. The summed E-state index contributed by atoms with van der Waals surface area (Å²) in [5.41, 5.74) is 0. The van der Waals surface area contributed by atoms with Crippen LogP contribution in [-0.2, 0) is 0 Å². The predicted octanol–water partition coefficient (Wildman–Crippen LogP) is 2.98. The third-order valence-corrected chi connectivity index (χ3v) is 4.04. The van der Waals surface area contributed by atoms with Gasteiger partial charge in [-0.15, -0.1) is 0 Å². The molecule has 0 atom stereocenters. The highest BCUT2D eigenvalue weighted by atomic mass is 35.5. The Hall–Kier alpha value is -1.88. The van der Waals surface area contributed by atoms with Gasteiger partial charge in [-0.25, -0.2) is 15.0 Å². The normalized spacial score (nSPS) is 15.5. The molecular formula is C16H20ClN5. The fraction of sp³-hybridized carbons (Fsp3) is 0.438. The van der Waals surface area contributed by atoms with Crippen molar-refractivity contribution < 1.29 is 0 Å². The molecule has 0 spiro atoms. The van der Waals surface area contributed by atoms with Gasteiger partial charge in [0.2, 0.25) is 0 Å². The van der Waals surface area contributed by atoms with Crippen LogP contribution in [0, 0.1) is 0 Å². The molecule has 0 N–H and O–H groups in total. The van der Waals surface area contributed by atoms with Gasteiger partial charge < -0.3 is 9.80 Å². The molecule has 6 heteroatoms. The van der Waals surface area contributed by atoms with Crippen molar-refractivity contribution in [2.75, 3.05) is 36.0 Å². The number of halogens is 1. The van der Waals surface area contributed by atoms with Crippen LogP contribution in [0.2, 0.25) is 5.02 Å². The van der Waals surface area contributed by atoms with Crippen molar-refractivity contribution in [2.45, 2.75) is 19.8 Å². The average molecular weight is 318 g/mol. The minimum absolute atomic E-state index is 0.347. The zero-order valence-corrected chi connectivity index (χ0v) is 13.7. The number of rotatable bonds is 3. The Labute approximate surface area is 136 Å². The van der Waals surface area contributed by atoms with Crippen molar-refractivity contribution in [1.82, 2.24) is 15.0 Å². The van der Waals surface area contributed by atoms with Gasteiger partial charge in [-0.05, 0) is 18.2 Å². The molecule has 0 amide bonds. The summed E-state index contributed by atoms with van der Waals surface area (Å²) < 4.78 is 0. The monoisotopic (exact) mass is 317 g/mol. The number of hydrogen-bond acceptors (Lipinski definition) is 5. The van der Waals surface area contributed by atoms with E-state index in [-0.39, 0.29) is 0 Å². The summed E-state index contributed by atoms with van der Waals surface area (Å²) in [4.78, 5) is 18.0. The number of piperazine rings is 1. The van der Waals surface area contributed by atoms with Crippen LogP contribution in [0.1, 0.15) is 25.6 Å². The molecule has 0 aliphatic carbocycles. The van der Waals surface area contributed by atoms with Crippen molar-refractivity contribution in [2.24, 2.45) is 0 Å². The highest BCUT2D eigenvalue weighted by Gasteiger charge is 2.19. The van der Waals surface area contributed by atoms with Crippen LogP contribution in [-0.4, -0.2) is 41.1 Å². The van der Waals surface area contributed by atoms with Gasteiger partial charge in [0, 0.05) is 44.5 Å². The van der Waals surface area contributed by atoms with E-state index >= 15 is 0 Å². The Morgan fingerprint density at radius 3 is 2.23 bits per heavy atom. The van der Waals surface area contributed by atoms with E-state index in [1.54, 1.807) is 6.20 Å². The fourth-order valence-electron chi connectivity index (χ4n) is 2.54. The first kappa shape index (κ1) is 15.0. The number of nitrogens with zero attached hydrogens (tertiary/aromatic N) is 5. The Kier molecular flexibility index (Phi) is 4.43. The molecule has 0 saturated carbocycles. The number of aromatic nitrogens is 3. The molecule has 5 nitrogen and oxygen atoms in total. The summed E-state index contributed by atoms with van der Waals surface area (Å²) in [6.07, 6.45) is 3.55. The predicted molar refractivity (Wildman–Crippen MR) is 89.8 cm³/mol.